The smallest absolute Gasteiger partial charge is 0.337 e. The van der Waals surface area contributed by atoms with E-state index in [-0.39, 0.29) is 16.4 Å². The van der Waals surface area contributed by atoms with Gasteiger partial charge >= 0.3 is 5.97 Å². The number of carbonyl (C=O) groups is 1. The summed E-state index contributed by atoms with van der Waals surface area (Å²) in [5.41, 5.74) is 6.61. The minimum Gasteiger partial charge on any atom is -0.465 e. The van der Waals surface area contributed by atoms with Gasteiger partial charge in [0.1, 0.15) is 0 Å². The largest absolute Gasteiger partial charge is 0.465 e. The highest BCUT2D eigenvalue weighted by atomic mass is 32.2. The number of nitrogens with two attached hydrogens (primary N) is 1. The number of rotatable bonds is 4. The molecule has 128 valence electrons. The Kier molecular flexibility index (Phi) is 5.44. The van der Waals surface area contributed by atoms with Crippen LogP contribution >= 0.6 is 0 Å². The zero-order valence-corrected chi connectivity index (χ0v) is 14.6. The van der Waals surface area contributed by atoms with Crippen LogP contribution in [0.4, 0.5) is 0 Å². The number of methoxy groups -OCH3 is 1. The van der Waals surface area contributed by atoms with E-state index < -0.39 is 16.0 Å². The van der Waals surface area contributed by atoms with E-state index >= 15 is 0 Å². The standard InChI is InChI=1S/C16H24N2O4S/c1-11-6-7-18(10-14(11)9-17)23(20,21)15-8-13(16(19)22-3)5-4-12(15)2/h4-5,8,11,14H,6-7,9-10,17H2,1-3H3. The van der Waals surface area contributed by atoms with Gasteiger partial charge < -0.3 is 10.5 Å². The van der Waals surface area contributed by atoms with E-state index in [4.69, 9.17) is 5.73 Å². The quantitative estimate of drug-likeness (QED) is 0.837. The number of carbonyl (C=O) groups excluding carboxylic acids is 1. The van der Waals surface area contributed by atoms with Gasteiger partial charge in [0.15, 0.2) is 0 Å². The molecule has 1 aliphatic rings. The molecule has 0 spiro atoms. The second-order valence-electron chi connectivity index (χ2n) is 6.10. The van der Waals surface area contributed by atoms with Gasteiger partial charge in [-0.2, -0.15) is 4.31 Å². The molecular weight excluding hydrogens is 316 g/mol. The molecule has 1 heterocycles. The van der Waals surface area contributed by atoms with Crippen molar-refractivity contribution in [1.82, 2.24) is 4.31 Å². The fourth-order valence-electron chi connectivity index (χ4n) is 2.90. The normalized spacial score (nSPS) is 22.8. The lowest BCUT2D eigenvalue weighted by Gasteiger charge is -2.36. The molecule has 1 aliphatic heterocycles. The van der Waals surface area contributed by atoms with Crippen LogP contribution in [0.1, 0.15) is 29.3 Å². The number of ether oxygens (including phenoxy) is 1. The van der Waals surface area contributed by atoms with Crippen LogP contribution < -0.4 is 5.73 Å². The van der Waals surface area contributed by atoms with Crippen molar-refractivity contribution in [2.24, 2.45) is 17.6 Å². The van der Waals surface area contributed by atoms with Gasteiger partial charge in [-0.25, -0.2) is 13.2 Å². The van der Waals surface area contributed by atoms with Crippen molar-refractivity contribution in [1.29, 1.82) is 0 Å². The molecule has 0 radical (unpaired) electrons. The van der Waals surface area contributed by atoms with Crippen LogP contribution in [0.25, 0.3) is 0 Å². The van der Waals surface area contributed by atoms with Gasteiger partial charge in [-0.1, -0.05) is 13.0 Å². The summed E-state index contributed by atoms with van der Waals surface area (Å²) < 4.78 is 32.1. The first-order valence-corrected chi connectivity index (χ1v) is 9.14. The number of nitrogens with zero attached hydrogens (tertiary/aromatic N) is 1. The number of benzene rings is 1. The molecule has 1 aromatic rings. The van der Waals surface area contributed by atoms with Gasteiger partial charge in [-0.15, -0.1) is 0 Å². The van der Waals surface area contributed by atoms with E-state index in [0.29, 0.717) is 31.1 Å². The van der Waals surface area contributed by atoms with E-state index in [1.807, 2.05) is 0 Å². The van der Waals surface area contributed by atoms with Crippen molar-refractivity contribution in [2.75, 3.05) is 26.7 Å². The topological polar surface area (TPSA) is 89.7 Å². The summed E-state index contributed by atoms with van der Waals surface area (Å²) in [6.07, 6.45) is 0.789. The van der Waals surface area contributed by atoms with Crippen LogP contribution in [0.2, 0.25) is 0 Å². The summed E-state index contributed by atoms with van der Waals surface area (Å²) in [6, 6.07) is 4.60. The minimum atomic E-state index is -3.65. The fraction of sp³-hybridized carbons (Fsp3) is 0.562. The Bertz CT molecular complexity index is 687. The van der Waals surface area contributed by atoms with E-state index in [1.54, 1.807) is 19.1 Å². The monoisotopic (exact) mass is 340 g/mol. The highest BCUT2D eigenvalue weighted by Crippen LogP contribution is 2.29. The fourth-order valence-corrected chi connectivity index (χ4v) is 4.67. The molecule has 0 saturated carbocycles. The van der Waals surface area contributed by atoms with Crippen LogP contribution in [0, 0.1) is 18.8 Å². The maximum Gasteiger partial charge on any atom is 0.337 e. The van der Waals surface area contributed by atoms with E-state index in [0.717, 1.165) is 6.42 Å². The van der Waals surface area contributed by atoms with Gasteiger partial charge in [0.2, 0.25) is 10.0 Å². The number of piperidine rings is 1. The van der Waals surface area contributed by atoms with Crippen LogP contribution in [0.3, 0.4) is 0 Å². The Morgan fingerprint density at radius 2 is 2.13 bits per heavy atom. The molecule has 1 fully saturated rings. The molecule has 2 unspecified atom stereocenters. The van der Waals surface area contributed by atoms with E-state index in [2.05, 4.69) is 11.7 Å². The molecule has 2 N–H and O–H groups in total. The first kappa shape index (κ1) is 17.9. The summed E-state index contributed by atoms with van der Waals surface area (Å²) in [6.45, 7) is 5.18. The predicted octanol–water partition coefficient (Wildman–Crippen LogP) is 1.39. The number of hydrogen-bond acceptors (Lipinski definition) is 5. The third-order valence-corrected chi connectivity index (χ3v) is 6.61. The summed E-state index contributed by atoms with van der Waals surface area (Å²) in [5.74, 6) is 0.0186. The Balaban J connectivity index is 2.38. The Morgan fingerprint density at radius 3 is 2.74 bits per heavy atom. The van der Waals surface area contributed by atoms with Crippen molar-refractivity contribution in [3.8, 4) is 0 Å². The Hall–Kier alpha value is -1.44. The SMILES string of the molecule is COC(=O)c1ccc(C)c(S(=O)(=O)N2CCC(C)C(CN)C2)c1. The van der Waals surface area contributed by atoms with Crippen LogP contribution in [0.15, 0.2) is 23.1 Å². The van der Waals surface area contributed by atoms with E-state index in [9.17, 15) is 13.2 Å². The lowest BCUT2D eigenvalue weighted by atomic mass is 9.88. The average molecular weight is 340 g/mol. The molecule has 1 saturated heterocycles. The molecule has 1 aromatic carbocycles. The van der Waals surface area contributed by atoms with Gasteiger partial charge in [0.05, 0.1) is 17.6 Å². The predicted molar refractivity (Wildman–Crippen MR) is 87.6 cm³/mol. The van der Waals surface area contributed by atoms with Crippen molar-refractivity contribution in [2.45, 2.75) is 25.2 Å². The molecule has 2 atom stereocenters. The van der Waals surface area contributed by atoms with Crippen molar-refractivity contribution in [3.63, 3.8) is 0 Å². The van der Waals surface area contributed by atoms with Gasteiger partial charge in [-0.05, 0) is 49.4 Å². The number of hydrogen-bond donors (Lipinski definition) is 1. The molecule has 6 nitrogen and oxygen atoms in total. The molecule has 23 heavy (non-hydrogen) atoms. The highest BCUT2D eigenvalue weighted by molar-refractivity contribution is 7.89. The lowest BCUT2D eigenvalue weighted by Crippen LogP contribution is -2.45. The first-order valence-electron chi connectivity index (χ1n) is 7.70. The van der Waals surface area contributed by atoms with E-state index in [1.165, 1.54) is 17.5 Å². The molecule has 0 bridgehead atoms. The Morgan fingerprint density at radius 1 is 1.43 bits per heavy atom. The van der Waals surface area contributed by atoms with Gasteiger partial charge in [0, 0.05) is 13.1 Å². The molecule has 7 heteroatoms. The molecule has 0 aliphatic carbocycles. The molecule has 2 rings (SSSR count). The summed E-state index contributed by atoms with van der Waals surface area (Å²) in [4.78, 5) is 11.8. The highest BCUT2D eigenvalue weighted by Gasteiger charge is 2.34. The second kappa shape index (κ2) is 6.98. The lowest BCUT2D eigenvalue weighted by molar-refractivity contribution is 0.0600. The van der Waals surface area contributed by atoms with Crippen molar-refractivity contribution >= 4 is 16.0 Å². The molecular formula is C16H24N2O4S. The van der Waals surface area contributed by atoms with Gasteiger partial charge in [-0.3, -0.25) is 0 Å². The minimum absolute atomic E-state index is 0.155. The number of aryl methyl sites for hydroxylation is 1. The van der Waals surface area contributed by atoms with Gasteiger partial charge in [0.25, 0.3) is 0 Å². The first-order chi connectivity index (χ1) is 10.8. The second-order valence-corrected chi connectivity index (χ2v) is 8.00. The molecule has 0 aromatic heterocycles. The third-order valence-electron chi connectivity index (χ3n) is 4.61. The summed E-state index contributed by atoms with van der Waals surface area (Å²) >= 11 is 0. The van der Waals surface area contributed by atoms with Crippen LogP contribution in [-0.2, 0) is 14.8 Å². The summed E-state index contributed by atoms with van der Waals surface area (Å²) in [5, 5.41) is 0. The Labute approximate surface area is 137 Å². The number of sulfonamides is 1. The van der Waals surface area contributed by atoms with Crippen LogP contribution in [-0.4, -0.2) is 45.4 Å². The third kappa shape index (κ3) is 3.57. The van der Waals surface area contributed by atoms with Crippen molar-refractivity contribution in [3.05, 3.63) is 29.3 Å². The van der Waals surface area contributed by atoms with Crippen LogP contribution in [0.5, 0.6) is 0 Å². The zero-order valence-electron chi connectivity index (χ0n) is 13.8. The number of esters is 1. The maximum absolute atomic E-state index is 13.0. The van der Waals surface area contributed by atoms with Crippen molar-refractivity contribution < 1.29 is 17.9 Å². The summed E-state index contributed by atoms with van der Waals surface area (Å²) in [7, 11) is -2.38. The molecule has 0 amide bonds. The average Bonchev–Trinajstić information content (AvgIpc) is 2.54. The maximum atomic E-state index is 13.0. The zero-order chi connectivity index (χ0) is 17.2.